The lowest BCUT2D eigenvalue weighted by molar-refractivity contribution is -0.153. The van der Waals surface area contributed by atoms with Crippen LogP contribution < -0.4 is 0 Å². The molecule has 0 spiro atoms. The lowest BCUT2D eigenvalue weighted by atomic mass is 10.1. The minimum absolute atomic E-state index is 0.126. The number of rotatable bonds is 6. The summed E-state index contributed by atoms with van der Waals surface area (Å²) in [4.78, 5) is 17.0. The number of benzene rings is 1. The molecule has 0 amide bonds. The SMILES string of the molecule is CSc1ccc(C=NOC(C(=O)O)C(C)C)cc1. The van der Waals surface area contributed by atoms with Crippen LogP contribution >= 0.6 is 11.8 Å². The lowest BCUT2D eigenvalue weighted by Gasteiger charge is -2.13. The number of nitrogens with zero attached hydrogens (tertiary/aromatic N) is 1. The maximum atomic E-state index is 10.9. The predicted octanol–water partition coefficient (Wildman–Crippen LogP) is 2.87. The standard InChI is InChI=1S/C13H17NO3S/c1-9(2)12(13(15)16)17-14-8-10-4-6-11(18-3)7-5-10/h4-9,12H,1-3H3,(H,15,16). The first kappa shape index (κ1) is 14.6. The highest BCUT2D eigenvalue weighted by atomic mass is 32.2. The van der Waals surface area contributed by atoms with Gasteiger partial charge in [-0.3, -0.25) is 0 Å². The maximum Gasteiger partial charge on any atom is 0.348 e. The fourth-order valence-corrected chi connectivity index (χ4v) is 1.71. The van der Waals surface area contributed by atoms with Gasteiger partial charge in [-0.05, 0) is 24.0 Å². The number of carboxylic acid groups (broad SMARTS) is 1. The van der Waals surface area contributed by atoms with Crippen molar-refractivity contribution in [1.82, 2.24) is 0 Å². The van der Waals surface area contributed by atoms with Crippen LogP contribution in [0.5, 0.6) is 0 Å². The molecule has 0 bridgehead atoms. The molecule has 4 nitrogen and oxygen atoms in total. The molecule has 5 heteroatoms. The Morgan fingerprint density at radius 2 is 2.00 bits per heavy atom. The Balaban J connectivity index is 2.60. The number of carboxylic acids is 1. The normalized spacial score (nSPS) is 12.9. The van der Waals surface area contributed by atoms with Crippen molar-refractivity contribution in [1.29, 1.82) is 0 Å². The van der Waals surface area contributed by atoms with E-state index in [1.165, 1.54) is 11.1 Å². The molecule has 0 saturated carbocycles. The number of carbonyl (C=O) groups is 1. The van der Waals surface area contributed by atoms with Crippen molar-refractivity contribution in [3.63, 3.8) is 0 Å². The van der Waals surface area contributed by atoms with E-state index in [9.17, 15) is 4.79 Å². The highest BCUT2D eigenvalue weighted by Crippen LogP contribution is 2.14. The average Bonchev–Trinajstić information content (AvgIpc) is 2.34. The van der Waals surface area contributed by atoms with E-state index in [-0.39, 0.29) is 5.92 Å². The molecule has 0 aliphatic carbocycles. The number of aliphatic carboxylic acids is 1. The quantitative estimate of drug-likeness (QED) is 0.489. The molecular weight excluding hydrogens is 250 g/mol. The molecule has 1 aromatic carbocycles. The maximum absolute atomic E-state index is 10.9. The monoisotopic (exact) mass is 267 g/mol. The molecule has 0 fully saturated rings. The molecule has 1 atom stereocenters. The second-order valence-electron chi connectivity index (χ2n) is 4.12. The fraction of sp³-hybridized carbons (Fsp3) is 0.385. The third-order valence-electron chi connectivity index (χ3n) is 2.34. The molecule has 0 heterocycles. The van der Waals surface area contributed by atoms with E-state index in [2.05, 4.69) is 5.16 Å². The van der Waals surface area contributed by atoms with Crippen molar-refractivity contribution in [2.24, 2.45) is 11.1 Å². The molecule has 1 aromatic rings. The summed E-state index contributed by atoms with van der Waals surface area (Å²) < 4.78 is 0. The molecule has 1 unspecified atom stereocenters. The fourth-order valence-electron chi connectivity index (χ4n) is 1.30. The van der Waals surface area contributed by atoms with Gasteiger partial charge in [0, 0.05) is 10.8 Å². The lowest BCUT2D eigenvalue weighted by Crippen LogP contribution is -2.27. The van der Waals surface area contributed by atoms with Crippen LogP contribution in [-0.4, -0.2) is 29.7 Å². The van der Waals surface area contributed by atoms with Crippen molar-refractivity contribution in [3.8, 4) is 0 Å². The Kier molecular flexibility index (Phi) is 5.71. The van der Waals surface area contributed by atoms with Gasteiger partial charge in [0.15, 0.2) is 0 Å². The first-order valence-corrected chi connectivity index (χ1v) is 6.83. The first-order chi connectivity index (χ1) is 8.54. The zero-order valence-electron chi connectivity index (χ0n) is 10.7. The zero-order valence-corrected chi connectivity index (χ0v) is 11.5. The summed E-state index contributed by atoms with van der Waals surface area (Å²) in [5, 5.41) is 12.6. The van der Waals surface area contributed by atoms with E-state index in [4.69, 9.17) is 9.94 Å². The van der Waals surface area contributed by atoms with Gasteiger partial charge in [-0.1, -0.05) is 31.1 Å². The molecule has 0 radical (unpaired) electrons. The van der Waals surface area contributed by atoms with E-state index in [1.54, 1.807) is 25.6 Å². The van der Waals surface area contributed by atoms with Gasteiger partial charge in [0.1, 0.15) is 0 Å². The molecule has 1 N–H and O–H groups in total. The predicted molar refractivity (Wildman–Crippen MR) is 73.2 cm³/mol. The Morgan fingerprint density at radius 3 is 2.44 bits per heavy atom. The van der Waals surface area contributed by atoms with Crippen LogP contribution in [0.4, 0.5) is 0 Å². The summed E-state index contributed by atoms with van der Waals surface area (Å²) in [7, 11) is 0. The van der Waals surface area contributed by atoms with Crippen molar-refractivity contribution in [2.45, 2.75) is 24.8 Å². The summed E-state index contributed by atoms with van der Waals surface area (Å²) in [6, 6.07) is 7.76. The van der Waals surface area contributed by atoms with Gasteiger partial charge in [-0.25, -0.2) is 4.79 Å². The highest BCUT2D eigenvalue weighted by Gasteiger charge is 2.22. The Morgan fingerprint density at radius 1 is 1.39 bits per heavy atom. The highest BCUT2D eigenvalue weighted by molar-refractivity contribution is 7.98. The summed E-state index contributed by atoms with van der Waals surface area (Å²) in [5.41, 5.74) is 0.876. The van der Waals surface area contributed by atoms with Crippen LogP contribution in [-0.2, 0) is 9.63 Å². The topological polar surface area (TPSA) is 58.9 Å². The zero-order chi connectivity index (χ0) is 13.5. The van der Waals surface area contributed by atoms with Crippen LogP contribution in [0.15, 0.2) is 34.3 Å². The number of hydrogen-bond donors (Lipinski definition) is 1. The summed E-state index contributed by atoms with van der Waals surface area (Å²) in [6.45, 7) is 3.56. The Hall–Kier alpha value is -1.49. The van der Waals surface area contributed by atoms with Crippen LogP contribution in [0.25, 0.3) is 0 Å². The summed E-state index contributed by atoms with van der Waals surface area (Å²) in [5.74, 6) is -1.13. The van der Waals surface area contributed by atoms with Crippen molar-refractivity contribution >= 4 is 23.9 Å². The molecule has 1 rings (SSSR count). The van der Waals surface area contributed by atoms with Gasteiger partial charge in [-0.2, -0.15) is 0 Å². The van der Waals surface area contributed by atoms with E-state index >= 15 is 0 Å². The van der Waals surface area contributed by atoms with Crippen molar-refractivity contribution in [2.75, 3.05) is 6.26 Å². The van der Waals surface area contributed by atoms with Gasteiger partial charge in [0.05, 0.1) is 6.21 Å². The van der Waals surface area contributed by atoms with Gasteiger partial charge in [0.25, 0.3) is 0 Å². The van der Waals surface area contributed by atoms with Crippen LogP contribution in [0.3, 0.4) is 0 Å². The van der Waals surface area contributed by atoms with Gasteiger partial charge in [-0.15, -0.1) is 11.8 Å². The van der Waals surface area contributed by atoms with E-state index in [1.807, 2.05) is 30.5 Å². The third kappa shape index (κ3) is 4.41. The summed E-state index contributed by atoms with van der Waals surface area (Å²) >= 11 is 1.66. The number of thioether (sulfide) groups is 1. The molecular formula is C13H17NO3S. The van der Waals surface area contributed by atoms with Crippen LogP contribution in [0, 0.1) is 5.92 Å². The molecule has 98 valence electrons. The molecule has 0 aromatic heterocycles. The average molecular weight is 267 g/mol. The second kappa shape index (κ2) is 7.06. The number of oxime groups is 1. The van der Waals surface area contributed by atoms with Crippen LogP contribution in [0.2, 0.25) is 0 Å². The van der Waals surface area contributed by atoms with Gasteiger partial charge >= 0.3 is 5.97 Å². The van der Waals surface area contributed by atoms with Crippen molar-refractivity contribution < 1.29 is 14.7 Å². The molecule has 0 aliphatic rings. The Bertz CT molecular complexity index is 415. The molecule has 18 heavy (non-hydrogen) atoms. The summed E-state index contributed by atoms with van der Waals surface area (Å²) in [6.07, 6.45) is 2.61. The minimum Gasteiger partial charge on any atom is -0.478 e. The van der Waals surface area contributed by atoms with Crippen LogP contribution in [0.1, 0.15) is 19.4 Å². The van der Waals surface area contributed by atoms with E-state index in [0.717, 1.165) is 5.56 Å². The van der Waals surface area contributed by atoms with Gasteiger partial charge in [0.2, 0.25) is 6.10 Å². The first-order valence-electron chi connectivity index (χ1n) is 5.60. The largest absolute Gasteiger partial charge is 0.478 e. The molecule has 0 saturated heterocycles. The van der Waals surface area contributed by atoms with E-state index < -0.39 is 12.1 Å². The van der Waals surface area contributed by atoms with E-state index in [0.29, 0.717) is 0 Å². The molecule has 0 aliphatic heterocycles. The van der Waals surface area contributed by atoms with Crippen molar-refractivity contribution in [3.05, 3.63) is 29.8 Å². The number of hydrogen-bond acceptors (Lipinski definition) is 4. The third-order valence-corrected chi connectivity index (χ3v) is 3.08. The second-order valence-corrected chi connectivity index (χ2v) is 5.00. The minimum atomic E-state index is -1.00. The Labute approximate surface area is 111 Å². The van der Waals surface area contributed by atoms with Gasteiger partial charge < -0.3 is 9.94 Å². The smallest absolute Gasteiger partial charge is 0.348 e.